The minimum absolute atomic E-state index is 0.822. The van der Waals surface area contributed by atoms with Crippen LogP contribution in [0, 0.1) is 0 Å². The number of rotatable bonds is 11. The molecule has 0 aliphatic carbocycles. The summed E-state index contributed by atoms with van der Waals surface area (Å²) in [6.07, 6.45) is 15.5. The zero-order valence-corrected chi connectivity index (χ0v) is 16.1. The van der Waals surface area contributed by atoms with E-state index >= 15 is 0 Å². The second-order valence-electron chi connectivity index (χ2n) is 6.83. The van der Waals surface area contributed by atoms with Gasteiger partial charge in [-0.15, -0.1) is 0 Å². The Kier molecular flexibility index (Phi) is 13.4. The molecule has 0 spiro atoms. The van der Waals surface area contributed by atoms with Gasteiger partial charge >= 0.3 is 0 Å². The molecule has 0 fully saturated rings. The lowest BCUT2D eigenvalue weighted by Crippen LogP contribution is -1.86. The molecule has 0 atom stereocenters. The molecule has 1 heteroatoms. The van der Waals surface area contributed by atoms with Crippen molar-refractivity contribution in [3.05, 3.63) is 66.2 Å². The van der Waals surface area contributed by atoms with E-state index in [0.717, 1.165) is 5.69 Å². The van der Waals surface area contributed by atoms with Crippen LogP contribution in [0.15, 0.2) is 60.7 Å². The van der Waals surface area contributed by atoms with Gasteiger partial charge in [0.2, 0.25) is 0 Å². The molecule has 138 valence electrons. The number of hydrogen-bond donors (Lipinski definition) is 1. The van der Waals surface area contributed by atoms with Crippen LogP contribution < -0.4 is 5.73 Å². The molecule has 0 saturated heterocycles. The number of nitrogens with two attached hydrogens (primary N) is 1. The molecule has 0 amide bonds. The lowest BCUT2D eigenvalue weighted by atomic mass is 10.0. The Morgan fingerprint density at radius 1 is 0.560 bits per heavy atom. The van der Waals surface area contributed by atoms with E-state index in [9.17, 15) is 0 Å². The smallest absolute Gasteiger partial charge is 0.0313 e. The molecular formula is C24H37N. The first-order valence-corrected chi connectivity index (χ1v) is 10.2. The lowest BCUT2D eigenvalue weighted by Gasteiger charge is -2.03. The Labute approximate surface area is 155 Å². The van der Waals surface area contributed by atoms with Crippen LogP contribution in [0.2, 0.25) is 0 Å². The van der Waals surface area contributed by atoms with Crippen LogP contribution in [0.4, 0.5) is 5.69 Å². The quantitative estimate of drug-likeness (QED) is 0.334. The van der Waals surface area contributed by atoms with Crippen molar-refractivity contribution in [1.29, 1.82) is 0 Å². The van der Waals surface area contributed by atoms with Crippen LogP contribution >= 0.6 is 0 Å². The Bertz CT molecular complexity index is 492. The molecule has 0 unspecified atom stereocenters. The maximum absolute atomic E-state index is 5.36. The van der Waals surface area contributed by atoms with Gasteiger partial charge in [-0.1, -0.05) is 113 Å². The van der Waals surface area contributed by atoms with Gasteiger partial charge in [-0.05, 0) is 30.5 Å². The van der Waals surface area contributed by atoms with Crippen LogP contribution in [0.1, 0.15) is 76.7 Å². The SMILES string of the molecule is CCCCCCCCCCCCc1ccccc1.Nc1ccccc1. The highest BCUT2D eigenvalue weighted by molar-refractivity contribution is 5.35. The third-order valence-corrected chi connectivity index (χ3v) is 4.46. The summed E-state index contributed by atoms with van der Waals surface area (Å²) in [6.45, 7) is 2.28. The molecule has 0 aliphatic heterocycles. The molecule has 0 radical (unpaired) electrons. The normalized spacial score (nSPS) is 10.1. The van der Waals surface area contributed by atoms with E-state index in [1.165, 1.54) is 76.2 Å². The molecule has 0 saturated carbocycles. The number of hydrogen-bond acceptors (Lipinski definition) is 1. The van der Waals surface area contributed by atoms with Crippen molar-refractivity contribution in [1.82, 2.24) is 0 Å². The molecule has 2 aromatic rings. The summed E-state index contributed by atoms with van der Waals surface area (Å²) in [5.74, 6) is 0. The average Bonchev–Trinajstić information content (AvgIpc) is 2.65. The van der Waals surface area contributed by atoms with Gasteiger partial charge in [0.25, 0.3) is 0 Å². The van der Waals surface area contributed by atoms with E-state index in [-0.39, 0.29) is 0 Å². The highest BCUT2D eigenvalue weighted by Crippen LogP contribution is 2.12. The molecule has 2 N–H and O–H groups in total. The van der Waals surface area contributed by atoms with Crippen molar-refractivity contribution in [2.24, 2.45) is 0 Å². The fourth-order valence-corrected chi connectivity index (χ4v) is 2.91. The van der Waals surface area contributed by atoms with Crippen molar-refractivity contribution in [3.63, 3.8) is 0 Å². The van der Waals surface area contributed by atoms with Crippen LogP contribution in [0.3, 0.4) is 0 Å². The van der Waals surface area contributed by atoms with Gasteiger partial charge < -0.3 is 5.73 Å². The van der Waals surface area contributed by atoms with Gasteiger partial charge in [-0.3, -0.25) is 0 Å². The van der Waals surface area contributed by atoms with Gasteiger partial charge in [0.1, 0.15) is 0 Å². The van der Waals surface area contributed by atoms with Gasteiger partial charge in [-0.25, -0.2) is 0 Å². The number of para-hydroxylation sites is 1. The summed E-state index contributed by atoms with van der Waals surface area (Å²) < 4.78 is 0. The molecule has 25 heavy (non-hydrogen) atoms. The summed E-state index contributed by atoms with van der Waals surface area (Å²) in [5, 5.41) is 0. The van der Waals surface area contributed by atoms with Gasteiger partial charge in [-0.2, -0.15) is 0 Å². The number of unbranched alkanes of at least 4 members (excludes halogenated alkanes) is 9. The second-order valence-corrected chi connectivity index (χ2v) is 6.83. The lowest BCUT2D eigenvalue weighted by molar-refractivity contribution is 0.556. The topological polar surface area (TPSA) is 26.0 Å². The number of benzene rings is 2. The number of aryl methyl sites for hydroxylation is 1. The summed E-state index contributed by atoms with van der Waals surface area (Å²) in [7, 11) is 0. The third kappa shape index (κ3) is 13.2. The van der Waals surface area contributed by atoms with Crippen molar-refractivity contribution in [3.8, 4) is 0 Å². The molecule has 1 nitrogen and oxygen atoms in total. The zero-order chi connectivity index (χ0) is 18.0. The highest BCUT2D eigenvalue weighted by Gasteiger charge is 1.94. The maximum Gasteiger partial charge on any atom is 0.0313 e. The predicted octanol–water partition coefficient (Wildman–Crippen LogP) is 7.42. The summed E-state index contributed by atoms with van der Waals surface area (Å²) in [4.78, 5) is 0. The van der Waals surface area contributed by atoms with E-state index in [0.29, 0.717) is 0 Å². The summed E-state index contributed by atoms with van der Waals surface area (Å²) >= 11 is 0. The first kappa shape index (κ1) is 21.3. The number of anilines is 1. The van der Waals surface area contributed by atoms with Gasteiger partial charge in [0.05, 0.1) is 0 Å². The van der Waals surface area contributed by atoms with Crippen molar-refractivity contribution in [2.75, 3.05) is 5.73 Å². The third-order valence-electron chi connectivity index (χ3n) is 4.46. The van der Waals surface area contributed by atoms with E-state index in [4.69, 9.17) is 5.73 Å². The Hall–Kier alpha value is -1.76. The Morgan fingerprint density at radius 2 is 1.00 bits per heavy atom. The van der Waals surface area contributed by atoms with Crippen molar-refractivity contribution >= 4 is 5.69 Å². The standard InChI is InChI=1S/C18H30.C6H7N/c1-2-3-4-5-6-7-8-9-10-12-15-18-16-13-11-14-17-18;7-6-4-2-1-3-5-6/h11,13-14,16-17H,2-10,12,15H2,1H3;1-5H,7H2. The molecule has 2 aromatic carbocycles. The molecule has 2 rings (SSSR count). The molecule has 0 bridgehead atoms. The van der Waals surface area contributed by atoms with Crippen molar-refractivity contribution < 1.29 is 0 Å². The maximum atomic E-state index is 5.36. The number of nitrogen functional groups attached to an aromatic ring is 1. The highest BCUT2D eigenvalue weighted by atomic mass is 14.5. The fourth-order valence-electron chi connectivity index (χ4n) is 2.91. The van der Waals surface area contributed by atoms with Crippen molar-refractivity contribution in [2.45, 2.75) is 77.6 Å². The van der Waals surface area contributed by atoms with Crippen LogP contribution in [-0.4, -0.2) is 0 Å². The van der Waals surface area contributed by atoms with Crippen LogP contribution in [0.5, 0.6) is 0 Å². The summed E-state index contributed by atoms with van der Waals surface area (Å²) in [6, 6.07) is 20.4. The van der Waals surface area contributed by atoms with Gasteiger partial charge in [0, 0.05) is 5.69 Å². The molecule has 0 aliphatic rings. The molecule has 0 heterocycles. The average molecular weight is 340 g/mol. The van der Waals surface area contributed by atoms with E-state index in [1.54, 1.807) is 0 Å². The Morgan fingerprint density at radius 3 is 1.44 bits per heavy atom. The zero-order valence-electron chi connectivity index (χ0n) is 16.1. The van der Waals surface area contributed by atoms with E-state index in [1.807, 2.05) is 30.3 Å². The van der Waals surface area contributed by atoms with E-state index in [2.05, 4.69) is 37.3 Å². The minimum atomic E-state index is 0.822. The fraction of sp³-hybridized carbons (Fsp3) is 0.500. The second kappa shape index (κ2) is 15.7. The summed E-state index contributed by atoms with van der Waals surface area (Å²) in [5.41, 5.74) is 7.68. The van der Waals surface area contributed by atoms with E-state index < -0.39 is 0 Å². The molecule has 0 aromatic heterocycles. The monoisotopic (exact) mass is 339 g/mol. The largest absolute Gasteiger partial charge is 0.399 e. The van der Waals surface area contributed by atoms with Crippen LogP contribution in [-0.2, 0) is 6.42 Å². The molecular weight excluding hydrogens is 302 g/mol. The first-order chi connectivity index (χ1) is 12.3. The predicted molar refractivity (Wildman–Crippen MR) is 113 cm³/mol. The first-order valence-electron chi connectivity index (χ1n) is 10.2. The minimum Gasteiger partial charge on any atom is -0.399 e. The van der Waals surface area contributed by atoms with Crippen LogP contribution in [0.25, 0.3) is 0 Å². The van der Waals surface area contributed by atoms with Gasteiger partial charge in [0.15, 0.2) is 0 Å². The Balaban J connectivity index is 0.000000370.